The molecule has 0 saturated heterocycles. The minimum absolute atomic E-state index is 0. The summed E-state index contributed by atoms with van der Waals surface area (Å²) in [6.45, 7) is 0. The molecule has 110 valence electrons. The van der Waals surface area contributed by atoms with Gasteiger partial charge in [-0.3, -0.25) is 10.1 Å². The molecule has 0 aliphatic rings. The van der Waals surface area contributed by atoms with Gasteiger partial charge >= 0.3 is 24.8 Å². The van der Waals surface area contributed by atoms with Gasteiger partial charge in [-0.2, -0.15) is 0 Å². The minimum atomic E-state index is -1.33. The van der Waals surface area contributed by atoms with E-state index in [-0.39, 0.29) is 29.9 Å². The summed E-state index contributed by atoms with van der Waals surface area (Å²) < 4.78 is 5.19. The minimum Gasteiger partial charge on any atom is -0.870 e. The van der Waals surface area contributed by atoms with Gasteiger partial charge in [0.05, 0.1) is 12.0 Å². The quantitative estimate of drug-likeness (QED) is 0.474. The number of methoxy groups -OCH3 is 1. The Kier molecular flexibility index (Phi) is 7.32. The van der Waals surface area contributed by atoms with E-state index in [1.54, 1.807) is 24.3 Å². The van der Waals surface area contributed by atoms with Crippen LogP contribution in [0.1, 0.15) is 10.4 Å². The summed E-state index contributed by atoms with van der Waals surface area (Å²) in [5, 5.41) is 19.9. The third kappa shape index (κ3) is 3.86. The van der Waals surface area contributed by atoms with Crippen LogP contribution in [0.15, 0.2) is 42.5 Å². The first-order valence-electron chi connectivity index (χ1n) is 5.69. The van der Waals surface area contributed by atoms with Gasteiger partial charge in [-0.15, -0.1) is 0 Å². The van der Waals surface area contributed by atoms with E-state index in [2.05, 4.69) is 0 Å². The molecule has 0 aromatic heterocycles. The zero-order valence-corrected chi connectivity index (χ0v) is 12.0. The number of carbonyl (C=O) groups is 1. The van der Waals surface area contributed by atoms with Gasteiger partial charge in [-0.25, -0.2) is 4.79 Å². The van der Waals surface area contributed by atoms with Crippen LogP contribution >= 0.6 is 0 Å². The van der Waals surface area contributed by atoms with E-state index in [1.165, 1.54) is 25.3 Å². The number of benzene rings is 2. The van der Waals surface area contributed by atoms with E-state index < -0.39 is 16.6 Å². The standard InChI is InChI=1S/C14H11NO5.Li.H2O/c1-20-13-5-3-2-4-10(13)9-6-7-11(14(16)17)12(8-9)15(18)19;;/h2-8H,1H3,(H,16,17);;1H2/q;+1;/p-1. The summed E-state index contributed by atoms with van der Waals surface area (Å²) in [6.07, 6.45) is 0. The molecule has 0 aliphatic carbocycles. The molecule has 22 heavy (non-hydrogen) atoms. The Morgan fingerprint density at radius 2 is 1.86 bits per heavy atom. The monoisotopic (exact) mass is 297 g/mol. The molecule has 8 heteroatoms. The van der Waals surface area contributed by atoms with Crippen molar-refractivity contribution >= 4 is 11.7 Å². The fourth-order valence-corrected chi connectivity index (χ4v) is 1.91. The van der Waals surface area contributed by atoms with Gasteiger partial charge in [0.25, 0.3) is 5.69 Å². The van der Waals surface area contributed by atoms with Gasteiger partial charge in [0.15, 0.2) is 0 Å². The third-order valence-corrected chi connectivity index (χ3v) is 2.84. The number of hydrogen-bond acceptors (Lipinski definition) is 5. The molecule has 2 rings (SSSR count). The average Bonchev–Trinajstić information content (AvgIpc) is 2.46. The number of carboxylic acids is 1. The SMILES string of the molecule is COc1ccccc1-c1ccc(C(=O)O)c([N+](=O)[O-])c1.[Li+].[OH-]. The Hall–Kier alpha value is -2.33. The number of nitro benzene ring substituents is 1. The van der Waals surface area contributed by atoms with E-state index in [1.807, 2.05) is 0 Å². The van der Waals surface area contributed by atoms with Crippen LogP contribution in [0.5, 0.6) is 5.75 Å². The van der Waals surface area contributed by atoms with Crippen molar-refractivity contribution < 1.29 is 43.9 Å². The van der Waals surface area contributed by atoms with E-state index in [4.69, 9.17) is 9.84 Å². The molecule has 0 fully saturated rings. The van der Waals surface area contributed by atoms with Crippen LogP contribution < -0.4 is 23.6 Å². The molecule has 0 saturated carbocycles. The number of aromatic carboxylic acids is 1. The van der Waals surface area contributed by atoms with Crippen molar-refractivity contribution in [2.24, 2.45) is 0 Å². The van der Waals surface area contributed by atoms with Crippen LogP contribution in [0, 0.1) is 10.1 Å². The first-order chi connectivity index (χ1) is 9.54. The molecular formula is C14H12LiNO6. The number of para-hydroxylation sites is 1. The van der Waals surface area contributed by atoms with Crippen molar-refractivity contribution in [3.8, 4) is 16.9 Å². The first-order valence-corrected chi connectivity index (χ1v) is 5.69. The van der Waals surface area contributed by atoms with Crippen LogP contribution in [0.25, 0.3) is 11.1 Å². The topological polar surface area (TPSA) is 120 Å². The maximum absolute atomic E-state index is 11.0. The van der Waals surface area contributed by atoms with Gasteiger partial charge in [-0.05, 0) is 17.7 Å². The van der Waals surface area contributed by atoms with E-state index >= 15 is 0 Å². The molecule has 0 amide bonds. The van der Waals surface area contributed by atoms with Gasteiger partial charge in [-0.1, -0.05) is 24.3 Å². The van der Waals surface area contributed by atoms with Gasteiger partial charge < -0.3 is 15.3 Å². The fraction of sp³-hybridized carbons (Fsp3) is 0.0714. The summed E-state index contributed by atoms with van der Waals surface area (Å²) >= 11 is 0. The zero-order valence-electron chi connectivity index (χ0n) is 12.0. The number of nitro groups is 1. The first kappa shape index (κ1) is 19.7. The number of rotatable bonds is 4. The molecule has 0 heterocycles. The van der Waals surface area contributed by atoms with Gasteiger partial charge in [0.1, 0.15) is 11.3 Å². The predicted molar refractivity (Wildman–Crippen MR) is 74.0 cm³/mol. The summed E-state index contributed by atoms with van der Waals surface area (Å²) in [6, 6.07) is 11.0. The van der Waals surface area contributed by atoms with Crippen molar-refractivity contribution in [1.29, 1.82) is 0 Å². The van der Waals surface area contributed by atoms with Crippen molar-refractivity contribution in [3.05, 3.63) is 58.1 Å². The number of ether oxygens (including phenoxy) is 1. The van der Waals surface area contributed by atoms with Crippen LogP contribution in [0.4, 0.5) is 5.69 Å². The van der Waals surface area contributed by atoms with Crippen molar-refractivity contribution in [2.45, 2.75) is 0 Å². The largest absolute Gasteiger partial charge is 1.00 e. The maximum Gasteiger partial charge on any atom is 1.00 e. The summed E-state index contributed by atoms with van der Waals surface area (Å²) in [5.74, 6) is -0.770. The second-order valence-corrected chi connectivity index (χ2v) is 3.99. The fourth-order valence-electron chi connectivity index (χ4n) is 1.91. The van der Waals surface area contributed by atoms with E-state index in [9.17, 15) is 14.9 Å². The van der Waals surface area contributed by atoms with Crippen LogP contribution in [0.3, 0.4) is 0 Å². The summed E-state index contributed by atoms with van der Waals surface area (Å²) in [7, 11) is 1.50. The smallest absolute Gasteiger partial charge is 0.870 e. The van der Waals surface area contributed by atoms with E-state index in [0.29, 0.717) is 16.9 Å². The molecule has 2 N–H and O–H groups in total. The molecule has 0 bridgehead atoms. The maximum atomic E-state index is 11.0. The Balaban J connectivity index is 0.00000220. The molecular weight excluding hydrogens is 285 g/mol. The van der Waals surface area contributed by atoms with Crippen molar-refractivity contribution in [2.75, 3.05) is 7.11 Å². The summed E-state index contributed by atoms with van der Waals surface area (Å²) in [4.78, 5) is 21.2. The molecule has 0 unspecified atom stereocenters. The van der Waals surface area contributed by atoms with Gasteiger partial charge in [0.2, 0.25) is 0 Å². The molecule has 2 aromatic carbocycles. The molecule has 0 radical (unpaired) electrons. The molecule has 0 atom stereocenters. The summed E-state index contributed by atoms with van der Waals surface area (Å²) in [5.41, 5.74) is 0.406. The molecule has 0 aliphatic heterocycles. The predicted octanol–water partition coefficient (Wildman–Crippen LogP) is -0.204. The van der Waals surface area contributed by atoms with Crippen molar-refractivity contribution in [3.63, 3.8) is 0 Å². The second kappa shape index (κ2) is 8.19. The van der Waals surface area contributed by atoms with Crippen LogP contribution in [0.2, 0.25) is 0 Å². The number of carboxylic acid groups (broad SMARTS) is 1. The molecule has 2 aromatic rings. The molecule has 0 spiro atoms. The molecule has 7 nitrogen and oxygen atoms in total. The van der Waals surface area contributed by atoms with Gasteiger partial charge in [0, 0.05) is 11.6 Å². The normalized spacial score (nSPS) is 9.14. The Bertz CT molecular complexity index is 689. The Morgan fingerprint density at radius 1 is 1.23 bits per heavy atom. The van der Waals surface area contributed by atoms with Crippen LogP contribution in [-0.4, -0.2) is 28.6 Å². The number of nitrogens with zero attached hydrogens (tertiary/aromatic N) is 1. The Morgan fingerprint density at radius 3 is 2.41 bits per heavy atom. The zero-order chi connectivity index (χ0) is 14.7. The van der Waals surface area contributed by atoms with E-state index in [0.717, 1.165) is 0 Å². The Labute approximate surface area is 138 Å². The second-order valence-electron chi connectivity index (χ2n) is 3.99. The van der Waals surface area contributed by atoms with Crippen molar-refractivity contribution in [1.82, 2.24) is 0 Å². The average molecular weight is 297 g/mol. The van der Waals surface area contributed by atoms with Crippen LogP contribution in [-0.2, 0) is 0 Å². The number of hydrogen-bond donors (Lipinski definition) is 1. The third-order valence-electron chi connectivity index (χ3n) is 2.84.